The van der Waals surface area contributed by atoms with Crippen LogP contribution in [0.15, 0.2) is 42.6 Å². The molecule has 19 heavy (non-hydrogen) atoms. The van der Waals surface area contributed by atoms with E-state index in [2.05, 4.69) is 15.6 Å². The molecule has 0 aliphatic heterocycles. The molecule has 0 spiro atoms. The highest BCUT2D eigenvalue weighted by Crippen LogP contribution is 2.14. The largest absolute Gasteiger partial charge is 0.357 e. The molecule has 2 N–H and O–H groups in total. The van der Waals surface area contributed by atoms with E-state index in [1.165, 1.54) is 6.07 Å². The van der Waals surface area contributed by atoms with Crippen LogP contribution in [0.4, 0.5) is 14.5 Å². The maximum atomic E-state index is 13.4. The Morgan fingerprint density at radius 3 is 2.74 bits per heavy atom. The molecule has 0 aliphatic rings. The van der Waals surface area contributed by atoms with Crippen molar-refractivity contribution in [2.24, 2.45) is 0 Å². The van der Waals surface area contributed by atoms with Crippen LogP contribution in [0.5, 0.6) is 0 Å². The number of hydrogen-bond acceptors (Lipinski definition) is 2. The van der Waals surface area contributed by atoms with Crippen LogP contribution in [0.1, 0.15) is 5.69 Å². The minimum atomic E-state index is -0.693. The normalized spacial score (nSPS) is 10.0. The van der Waals surface area contributed by atoms with Gasteiger partial charge < -0.3 is 10.6 Å². The monoisotopic (exact) mass is 279 g/mol. The maximum absolute atomic E-state index is 13.4. The molecule has 1 heterocycles. The summed E-state index contributed by atoms with van der Waals surface area (Å²) in [5.41, 5.74) is 0.936. The SMILES string of the molecule is Fc1ccc(NC(=S)NCc2ccccn2)c(F)c1. The average molecular weight is 279 g/mol. The molecule has 6 heteroatoms. The lowest BCUT2D eigenvalue weighted by atomic mass is 10.3. The van der Waals surface area contributed by atoms with Gasteiger partial charge in [-0.1, -0.05) is 6.07 Å². The van der Waals surface area contributed by atoms with Crippen molar-refractivity contribution >= 4 is 23.0 Å². The van der Waals surface area contributed by atoms with Gasteiger partial charge in [-0.15, -0.1) is 0 Å². The van der Waals surface area contributed by atoms with E-state index in [1.54, 1.807) is 6.20 Å². The van der Waals surface area contributed by atoms with Crippen LogP contribution in [0.25, 0.3) is 0 Å². The van der Waals surface area contributed by atoms with E-state index in [-0.39, 0.29) is 10.8 Å². The first-order valence-corrected chi connectivity index (χ1v) is 5.96. The van der Waals surface area contributed by atoms with Crippen molar-refractivity contribution in [2.75, 3.05) is 5.32 Å². The second-order valence-electron chi connectivity index (χ2n) is 3.75. The van der Waals surface area contributed by atoms with E-state index >= 15 is 0 Å². The van der Waals surface area contributed by atoms with Gasteiger partial charge >= 0.3 is 0 Å². The molecule has 0 atom stereocenters. The van der Waals surface area contributed by atoms with E-state index in [1.807, 2.05) is 18.2 Å². The molecule has 1 aromatic carbocycles. The Balaban J connectivity index is 1.91. The van der Waals surface area contributed by atoms with Gasteiger partial charge in [0.1, 0.15) is 11.6 Å². The average Bonchev–Trinajstić information content (AvgIpc) is 2.41. The Bertz CT molecular complexity index is 575. The molecule has 0 amide bonds. The topological polar surface area (TPSA) is 37.0 Å². The number of benzene rings is 1. The molecule has 0 aliphatic carbocycles. The van der Waals surface area contributed by atoms with E-state index < -0.39 is 11.6 Å². The van der Waals surface area contributed by atoms with Gasteiger partial charge in [0.05, 0.1) is 17.9 Å². The summed E-state index contributed by atoms with van der Waals surface area (Å²) >= 11 is 5.02. The van der Waals surface area contributed by atoms with Crippen molar-refractivity contribution < 1.29 is 8.78 Å². The molecular formula is C13H11F2N3S. The number of hydrogen-bond donors (Lipinski definition) is 2. The van der Waals surface area contributed by atoms with Crippen LogP contribution in [-0.2, 0) is 6.54 Å². The van der Waals surface area contributed by atoms with Crippen molar-refractivity contribution in [3.8, 4) is 0 Å². The summed E-state index contributed by atoms with van der Waals surface area (Å²) in [5.74, 6) is -1.32. The number of aromatic nitrogens is 1. The standard InChI is InChI=1S/C13H11F2N3S/c14-9-4-5-12(11(15)7-9)18-13(19)17-8-10-3-1-2-6-16-10/h1-7H,8H2,(H2,17,18,19). The van der Waals surface area contributed by atoms with Gasteiger partial charge in [-0.2, -0.15) is 0 Å². The van der Waals surface area contributed by atoms with Crippen LogP contribution in [0.3, 0.4) is 0 Å². The van der Waals surface area contributed by atoms with Crippen molar-refractivity contribution in [3.63, 3.8) is 0 Å². The second-order valence-corrected chi connectivity index (χ2v) is 4.16. The van der Waals surface area contributed by atoms with Gasteiger partial charge in [0.25, 0.3) is 0 Å². The highest BCUT2D eigenvalue weighted by molar-refractivity contribution is 7.80. The maximum Gasteiger partial charge on any atom is 0.171 e. The van der Waals surface area contributed by atoms with E-state index in [0.29, 0.717) is 6.54 Å². The molecule has 0 radical (unpaired) electrons. The number of nitrogens with one attached hydrogen (secondary N) is 2. The molecule has 0 unspecified atom stereocenters. The highest BCUT2D eigenvalue weighted by atomic mass is 32.1. The van der Waals surface area contributed by atoms with Gasteiger partial charge in [-0.25, -0.2) is 8.78 Å². The summed E-state index contributed by atoms with van der Waals surface area (Å²) in [4.78, 5) is 4.11. The molecule has 2 rings (SSSR count). The molecular weight excluding hydrogens is 268 g/mol. The summed E-state index contributed by atoms with van der Waals surface area (Å²) in [5, 5.41) is 5.79. The van der Waals surface area contributed by atoms with Gasteiger partial charge in [-0.3, -0.25) is 4.98 Å². The first-order chi connectivity index (χ1) is 9.15. The van der Waals surface area contributed by atoms with Crippen LogP contribution in [0.2, 0.25) is 0 Å². The van der Waals surface area contributed by atoms with Crippen molar-refractivity contribution in [3.05, 3.63) is 59.9 Å². The van der Waals surface area contributed by atoms with Gasteiger partial charge in [0.2, 0.25) is 0 Å². The zero-order valence-electron chi connectivity index (χ0n) is 9.86. The molecule has 98 valence electrons. The van der Waals surface area contributed by atoms with Gasteiger partial charge in [0.15, 0.2) is 5.11 Å². The number of pyridine rings is 1. The lowest BCUT2D eigenvalue weighted by Crippen LogP contribution is -2.28. The van der Waals surface area contributed by atoms with E-state index in [4.69, 9.17) is 12.2 Å². The Hall–Kier alpha value is -2.08. The van der Waals surface area contributed by atoms with E-state index in [0.717, 1.165) is 17.8 Å². The summed E-state index contributed by atoms with van der Waals surface area (Å²) in [6.07, 6.45) is 1.67. The van der Waals surface area contributed by atoms with Crippen LogP contribution in [-0.4, -0.2) is 10.1 Å². The van der Waals surface area contributed by atoms with E-state index in [9.17, 15) is 8.78 Å². The van der Waals surface area contributed by atoms with Crippen molar-refractivity contribution in [2.45, 2.75) is 6.54 Å². The lowest BCUT2D eigenvalue weighted by Gasteiger charge is -2.10. The summed E-state index contributed by atoms with van der Waals surface area (Å²) in [7, 11) is 0. The number of halogens is 2. The molecule has 1 aromatic heterocycles. The predicted molar refractivity (Wildman–Crippen MR) is 73.7 cm³/mol. The highest BCUT2D eigenvalue weighted by Gasteiger charge is 2.05. The Labute approximate surface area is 114 Å². The fourth-order valence-electron chi connectivity index (χ4n) is 1.43. The summed E-state index contributed by atoms with van der Waals surface area (Å²) < 4.78 is 26.1. The van der Waals surface area contributed by atoms with Crippen LogP contribution < -0.4 is 10.6 Å². The summed E-state index contributed by atoms with van der Waals surface area (Å²) in [6.45, 7) is 0.426. The molecule has 0 bridgehead atoms. The number of rotatable bonds is 3. The smallest absolute Gasteiger partial charge is 0.171 e. The second kappa shape index (κ2) is 6.19. The van der Waals surface area contributed by atoms with Gasteiger partial charge in [-0.05, 0) is 36.5 Å². The Morgan fingerprint density at radius 1 is 1.21 bits per heavy atom. The summed E-state index contributed by atoms with van der Waals surface area (Å²) in [6, 6.07) is 8.76. The predicted octanol–water partition coefficient (Wildman–Crippen LogP) is 2.85. The van der Waals surface area contributed by atoms with Crippen molar-refractivity contribution in [1.29, 1.82) is 0 Å². The van der Waals surface area contributed by atoms with Gasteiger partial charge in [0, 0.05) is 12.3 Å². The Morgan fingerprint density at radius 2 is 2.05 bits per heavy atom. The lowest BCUT2D eigenvalue weighted by molar-refractivity contribution is 0.586. The van der Waals surface area contributed by atoms with Crippen molar-refractivity contribution in [1.82, 2.24) is 10.3 Å². The molecule has 2 aromatic rings. The quantitative estimate of drug-likeness (QED) is 0.847. The first kappa shape index (κ1) is 13.4. The van der Waals surface area contributed by atoms with Crippen LogP contribution >= 0.6 is 12.2 Å². The third kappa shape index (κ3) is 3.96. The molecule has 0 saturated heterocycles. The zero-order valence-corrected chi connectivity index (χ0v) is 10.7. The molecule has 3 nitrogen and oxygen atoms in total. The zero-order chi connectivity index (χ0) is 13.7. The number of anilines is 1. The minimum absolute atomic E-state index is 0.125. The fourth-order valence-corrected chi connectivity index (χ4v) is 1.61. The third-order valence-electron chi connectivity index (χ3n) is 2.34. The third-order valence-corrected chi connectivity index (χ3v) is 2.58. The number of thiocarbonyl (C=S) groups is 1. The van der Waals surface area contributed by atoms with Crippen LogP contribution in [0, 0.1) is 11.6 Å². The molecule has 0 saturated carbocycles. The number of nitrogens with zero attached hydrogens (tertiary/aromatic N) is 1. The fraction of sp³-hybridized carbons (Fsp3) is 0.0769. The first-order valence-electron chi connectivity index (χ1n) is 5.55. The minimum Gasteiger partial charge on any atom is -0.357 e. The Kier molecular flexibility index (Phi) is 4.35. The molecule has 0 fully saturated rings.